The molecule has 0 aliphatic heterocycles. The molecule has 0 aliphatic rings. The minimum Gasteiger partial charge on any atom is -0.321 e. The number of benzene rings is 1. The number of nitrogens with zero attached hydrogens (tertiary/aromatic N) is 2. The summed E-state index contributed by atoms with van der Waals surface area (Å²) in [5.74, 6) is 0.473. The van der Waals surface area contributed by atoms with Crippen molar-refractivity contribution in [3.05, 3.63) is 44.6 Å². The van der Waals surface area contributed by atoms with Gasteiger partial charge in [-0.3, -0.25) is 0 Å². The summed E-state index contributed by atoms with van der Waals surface area (Å²) < 4.78 is 1.40. The predicted molar refractivity (Wildman–Crippen MR) is 71.4 cm³/mol. The third-order valence-electron chi connectivity index (χ3n) is 2.63. The van der Waals surface area contributed by atoms with Gasteiger partial charge in [-0.05, 0) is 24.6 Å². The van der Waals surface area contributed by atoms with E-state index in [4.69, 9.17) is 28.9 Å². The smallest absolute Gasteiger partial charge is 0.321 e. The van der Waals surface area contributed by atoms with Gasteiger partial charge in [0.1, 0.15) is 0 Å². The topological polar surface area (TPSA) is 76.7 Å². The normalized spacial score (nSPS) is 12.7. The van der Waals surface area contributed by atoms with Crippen molar-refractivity contribution in [1.82, 2.24) is 14.8 Å². The van der Waals surface area contributed by atoms with E-state index in [0.717, 1.165) is 0 Å². The number of aromatic amines is 1. The molecule has 2 aromatic rings. The molecule has 96 valence electrons. The van der Waals surface area contributed by atoms with Gasteiger partial charge in [-0.2, -0.15) is 5.10 Å². The third kappa shape index (κ3) is 2.29. The minimum absolute atomic E-state index is 0.321. The lowest BCUT2D eigenvalue weighted by atomic mass is 10.2. The summed E-state index contributed by atoms with van der Waals surface area (Å²) >= 11 is 11.8. The van der Waals surface area contributed by atoms with Gasteiger partial charge in [0.15, 0.2) is 5.82 Å². The molecule has 0 spiro atoms. The second-order valence-electron chi connectivity index (χ2n) is 3.84. The van der Waals surface area contributed by atoms with Gasteiger partial charge in [-0.1, -0.05) is 30.1 Å². The van der Waals surface area contributed by atoms with Crippen LogP contribution in [0.25, 0.3) is 5.69 Å². The molecule has 0 radical (unpaired) electrons. The number of H-pyrrole nitrogens is 1. The van der Waals surface area contributed by atoms with Gasteiger partial charge in [-0.15, -0.1) is 0 Å². The van der Waals surface area contributed by atoms with Crippen LogP contribution in [0.15, 0.2) is 23.0 Å². The molecule has 0 fully saturated rings. The van der Waals surface area contributed by atoms with Crippen LogP contribution in [0.5, 0.6) is 0 Å². The zero-order valence-electron chi connectivity index (χ0n) is 9.65. The zero-order chi connectivity index (χ0) is 13.3. The van der Waals surface area contributed by atoms with Crippen molar-refractivity contribution in [3.8, 4) is 5.69 Å². The standard InChI is InChI=1S/C11H12Cl2N4O/c1-2-9(14)10-15-16-11(18)17(10)6-3-4-7(12)8(13)5-6/h3-5,9H,2,14H2,1H3,(H,16,18). The molecule has 1 heterocycles. The molecule has 3 N–H and O–H groups in total. The van der Waals surface area contributed by atoms with Gasteiger partial charge in [0.25, 0.3) is 0 Å². The fourth-order valence-corrected chi connectivity index (χ4v) is 1.91. The first kappa shape index (κ1) is 13.1. The number of hydrogen-bond acceptors (Lipinski definition) is 3. The first-order chi connectivity index (χ1) is 8.54. The molecular formula is C11H12Cl2N4O. The number of nitrogens with one attached hydrogen (secondary N) is 1. The van der Waals surface area contributed by atoms with Crippen LogP contribution in [0.1, 0.15) is 25.2 Å². The fraction of sp³-hybridized carbons (Fsp3) is 0.273. The van der Waals surface area contributed by atoms with Crippen LogP contribution < -0.4 is 11.4 Å². The molecule has 1 aromatic carbocycles. The lowest BCUT2D eigenvalue weighted by Gasteiger charge is -2.10. The molecule has 1 unspecified atom stereocenters. The Labute approximate surface area is 114 Å². The Bertz CT molecular complexity index is 620. The zero-order valence-corrected chi connectivity index (χ0v) is 11.2. The van der Waals surface area contributed by atoms with Gasteiger partial charge in [-0.25, -0.2) is 14.5 Å². The highest BCUT2D eigenvalue weighted by molar-refractivity contribution is 6.42. The Morgan fingerprint density at radius 3 is 2.78 bits per heavy atom. The number of halogens is 2. The van der Waals surface area contributed by atoms with E-state index in [0.29, 0.717) is 28.0 Å². The van der Waals surface area contributed by atoms with Crippen LogP contribution in [0.2, 0.25) is 10.0 Å². The Morgan fingerprint density at radius 2 is 2.17 bits per heavy atom. The van der Waals surface area contributed by atoms with Crippen LogP contribution in [0, 0.1) is 0 Å². The van der Waals surface area contributed by atoms with Crippen LogP contribution in [-0.4, -0.2) is 14.8 Å². The highest BCUT2D eigenvalue weighted by atomic mass is 35.5. The highest BCUT2D eigenvalue weighted by Gasteiger charge is 2.16. The van der Waals surface area contributed by atoms with E-state index >= 15 is 0 Å². The van der Waals surface area contributed by atoms with Crippen molar-refractivity contribution in [2.45, 2.75) is 19.4 Å². The monoisotopic (exact) mass is 286 g/mol. The fourth-order valence-electron chi connectivity index (χ4n) is 1.61. The molecule has 0 saturated heterocycles. The summed E-state index contributed by atoms with van der Waals surface area (Å²) in [5.41, 5.74) is 6.14. The van der Waals surface area contributed by atoms with E-state index in [1.54, 1.807) is 18.2 Å². The van der Waals surface area contributed by atoms with E-state index in [1.807, 2.05) is 6.92 Å². The lowest BCUT2D eigenvalue weighted by molar-refractivity contribution is 0.631. The molecule has 1 atom stereocenters. The van der Waals surface area contributed by atoms with E-state index in [-0.39, 0.29) is 11.7 Å². The van der Waals surface area contributed by atoms with Crippen LogP contribution in [-0.2, 0) is 0 Å². The van der Waals surface area contributed by atoms with Gasteiger partial charge in [0, 0.05) is 0 Å². The van der Waals surface area contributed by atoms with Crippen LogP contribution in [0.3, 0.4) is 0 Å². The number of nitrogens with two attached hydrogens (primary N) is 1. The van der Waals surface area contributed by atoms with E-state index in [9.17, 15) is 4.79 Å². The van der Waals surface area contributed by atoms with E-state index in [2.05, 4.69) is 10.2 Å². The lowest BCUT2D eigenvalue weighted by Crippen LogP contribution is -2.21. The van der Waals surface area contributed by atoms with Crippen molar-refractivity contribution in [2.75, 3.05) is 0 Å². The van der Waals surface area contributed by atoms with Gasteiger partial charge in [0.05, 0.1) is 21.8 Å². The van der Waals surface area contributed by atoms with Gasteiger partial charge < -0.3 is 5.73 Å². The maximum atomic E-state index is 11.8. The summed E-state index contributed by atoms with van der Waals surface area (Å²) in [6, 6.07) is 4.60. The maximum absolute atomic E-state index is 11.8. The van der Waals surface area contributed by atoms with E-state index < -0.39 is 0 Å². The minimum atomic E-state index is -0.354. The quantitative estimate of drug-likeness (QED) is 0.909. The van der Waals surface area contributed by atoms with Gasteiger partial charge in [0.2, 0.25) is 0 Å². The van der Waals surface area contributed by atoms with Crippen LogP contribution in [0.4, 0.5) is 0 Å². The average molecular weight is 287 g/mol. The van der Waals surface area contributed by atoms with Gasteiger partial charge >= 0.3 is 5.69 Å². The molecule has 7 heteroatoms. The molecular weight excluding hydrogens is 275 g/mol. The summed E-state index contributed by atoms with van der Waals surface area (Å²) in [6.07, 6.45) is 0.672. The highest BCUT2D eigenvalue weighted by Crippen LogP contribution is 2.25. The van der Waals surface area contributed by atoms with E-state index in [1.165, 1.54) is 4.57 Å². The molecule has 0 amide bonds. The molecule has 0 bridgehead atoms. The Morgan fingerprint density at radius 1 is 1.44 bits per heavy atom. The SMILES string of the molecule is CCC(N)c1n[nH]c(=O)n1-c1ccc(Cl)c(Cl)c1. The van der Waals surface area contributed by atoms with Crippen molar-refractivity contribution >= 4 is 23.2 Å². The Balaban J connectivity index is 2.59. The van der Waals surface area contributed by atoms with Crippen molar-refractivity contribution in [1.29, 1.82) is 0 Å². The average Bonchev–Trinajstić information content (AvgIpc) is 2.74. The summed E-state index contributed by atoms with van der Waals surface area (Å²) in [6.45, 7) is 1.92. The third-order valence-corrected chi connectivity index (χ3v) is 3.37. The summed E-state index contributed by atoms with van der Waals surface area (Å²) in [7, 11) is 0. The second kappa shape index (κ2) is 5.14. The Hall–Kier alpha value is -1.30. The molecule has 0 aliphatic carbocycles. The number of hydrogen-bond donors (Lipinski definition) is 2. The number of rotatable bonds is 3. The van der Waals surface area contributed by atoms with Crippen molar-refractivity contribution in [3.63, 3.8) is 0 Å². The second-order valence-corrected chi connectivity index (χ2v) is 4.65. The first-order valence-corrected chi connectivity index (χ1v) is 6.18. The van der Waals surface area contributed by atoms with Crippen LogP contribution >= 0.6 is 23.2 Å². The number of aromatic nitrogens is 3. The predicted octanol–water partition coefficient (Wildman–Crippen LogP) is 2.28. The molecule has 0 saturated carbocycles. The Kier molecular flexibility index (Phi) is 3.75. The summed E-state index contributed by atoms with van der Waals surface area (Å²) in [5, 5.41) is 7.13. The van der Waals surface area contributed by atoms with Crippen molar-refractivity contribution < 1.29 is 0 Å². The summed E-state index contributed by atoms with van der Waals surface area (Å²) in [4.78, 5) is 11.8. The molecule has 18 heavy (non-hydrogen) atoms. The molecule has 1 aromatic heterocycles. The van der Waals surface area contributed by atoms with Crippen molar-refractivity contribution in [2.24, 2.45) is 5.73 Å². The molecule has 2 rings (SSSR count). The molecule has 5 nitrogen and oxygen atoms in total. The maximum Gasteiger partial charge on any atom is 0.347 e. The first-order valence-electron chi connectivity index (χ1n) is 5.43. The largest absolute Gasteiger partial charge is 0.347 e.